The van der Waals surface area contributed by atoms with Crippen LogP contribution in [-0.2, 0) is 0 Å². The molecule has 0 aromatic carbocycles. The monoisotopic (exact) mass is 277 g/mol. The van der Waals surface area contributed by atoms with Crippen LogP contribution in [0.5, 0.6) is 0 Å². The lowest BCUT2D eigenvalue weighted by molar-refractivity contribution is 0.561. The highest BCUT2D eigenvalue weighted by atomic mass is 35.5. The number of unbranched alkanes of at least 4 members (excludes halogenated alkanes) is 9. The summed E-state index contributed by atoms with van der Waals surface area (Å²) < 4.78 is 0. The molecule has 0 aromatic rings. The summed E-state index contributed by atoms with van der Waals surface area (Å²) in [7, 11) is 0. The van der Waals surface area contributed by atoms with Crippen molar-refractivity contribution in [1.82, 2.24) is 0 Å². The molecule has 0 saturated carbocycles. The van der Waals surface area contributed by atoms with Crippen LogP contribution in [0.4, 0.5) is 0 Å². The SMILES string of the molecule is CCCCCCCCCCC[CH2][Al-]([CH3])([CH3])[CH3].Cl. The fourth-order valence-corrected chi connectivity index (χ4v) is 3.76. The molecule has 0 fully saturated rings. The first-order valence-corrected chi connectivity index (χ1v) is 12.1. The van der Waals surface area contributed by atoms with Crippen LogP contribution in [-0.4, -0.2) is 13.1 Å². The van der Waals surface area contributed by atoms with Gasteiger partial charge in [-0.05, 0) is 0 Å². The van der Waals surface area contributed by atoms with E-state index in [-0.39, 0.29) is 12.4 Å². The molecule has 0 nitrogen and oxygen atoms in total. The van der Waals surface area contributed by atoms with E-state index in [2.05, 4.69) is 24.3 Å². The topological polar surface area (TPSA) is 0 Å². The van der Waals surface area contributed by atoms with Gasteiger partial charge in [0.1, 0.15) is 13.1 Å². The summed E-state index contributed by atoms with van der Waals surface area (Å²) in [6.45, 7) is 2.29. The summed E-state index contributed by atoms with van der Waals surface area (Å²) in [6, 6.07) is 0. The molecule has 0 N–H and O–H groups in total. The maximum absolute atomic E-state index is 2.51. The van der Waals surface area contributed by atoms with Crippen molar-refractivity contribution in [3.63, 3.8) is 0 Å². The van der Waals surface area contributed by atoms with Crippen LogP contribution in [0.25, 0.3) is 0 Å². The van der Waals surface area contributed by atoms with E-state index in [0.717, 1.165) is 0 Å². The van der Waals surface area contributed by atoms with Crippen LogP contribution in [0.3, 0.4) is 0 Å². The summed E-state index contributed by atoms with van der Waals surface area (Å²) in [5, 5.41) is 1.56. The Bertz CT molecular complexity index is 140. The minimum absolute atomic E-state index is 0. The van der Waals surface area contributed by atoms with Crippen LogP contribution in [0.1, 0.15) is 71.1 Å². The lowest BCUT2D eigenvalue weighted by Crippen LogP contribution is -2.18. The minimum atomic E-state index is -1.01. The molecule has 0 heterocycles. The molecule has 106 valence electrons. The van der Waals surface area contributed by atoms with Gasteiger partial charge in [-0.2, -0.15) is 5.28 Å². The Morgan fingerprint density at radius 3 is 1.29 bits per heavy atom. The van der Waals surface area contributed by atoms with Gasteiger partial charge in [-0.15, -0.1) is 12.4 Å². The first-order chi connectivity index (χ1) is 7.56. The second-order valence-electron chi connectivity index (χ2n) is 6.93. The summed E-state index contributed by atoms with van der Waals surface area (Å²) in [5.41, 5.74) is 0. The van der Waals surface area contributed by atoms with E-state index >= 15 is 0 Å². The minimum Gasteiger partial charge on any atom is -0.204 e. The maximum Gasteiger partial charge on any atom is 0.124 e. The highest BCUT2D eigenvalue weighted by Gasteiger charge is 2.08. The van der Waals surface area contributed by atoms with Crippen LogP contribution in [0, 0.1) is 0 Å². The number of hydrogen-bond acceptors (Lipinski definition) is 0. The molecule has 0 saturated heterocycles. The molecule has 0 spiro atoms. The molecule has 0 unspecified atom stereocenters. The highest BCUT2D eigenvalue weighted by Crippen LogP contribution is 2.16. The second-order valence-corrected chi connectivity index (χ2v) is 13.4. The first kappa shape index (κ1) is 20.1. The molecule has 0 radical (unpaired) electrons. The molecule has 0 rings (SSSR count). The van der Waals surface area contributed by atoms with E-state index in [0.29, 0.717) is 0 Å². The largest absolute Gasteiger partial charge is 0.204 e. The smallest absolute Gasteiger partial charge is 0.124 e. The summed E-state index contributed by atoms with van der Waals surface area (Å²) in [4.78, 5) is 0. The van der Waals surface area contributed by atoms with E-state index in [1.165, 1.54) is 64.2 Å². The van der Waals surface area contributed by atoms with Gasteiger partial charge in [-0.1, -0.05) is 71.1 Å². The molecular weight excluding hydrogens is 243 g/mol. The third-order valence-corrected chi connectivity index (χ3v) is 5.56. The second kappa shape index (κ2) is 13.3. The van der Waals surface area contributed by atoms with Gasteiger partial charge in [0, 0.05) is 0 Å². The molecular formula is C15H35AlCl-. The van der Waals surface area contributed by atoms with E-state index < -0.39 is 13.1 Å². The fourth-order valence-electron chi connectivity index (χ4n) is 2.24. The standard InChI is InChI=1S/C12H25.3CH3.Al.ClH/c1-3-5-7-9-11-12-10-8-6-4-2;;;;;/h1,3-12H2,2H3;3*1H3;;1H/q;;;;-1;. The quantitative estimate of drug-likeness (QED) is 0.292. The Morgan fingerprint density at radius 2 is 0.941 bits per heavy atom. The van der Waals surface area contributed by atoms with Crippen LogP contribution in [0.15, 0.2) is 0 Å². The number of rotatable bonds is 11. The zero-order valence-corrected chi connectivity index (χ0v) is 14.7. The van der Waals surface area contributed by atoms with Crippen LogP contribution >= 0.6 is 12.4 Å². The normalized spacial score (nSPS) is 11.3. The Balaban J connectivity index is 0. The summed E-state index contributed by atoms with van der Waals surface area (Å²) >= 11 is -1.01. The lowest BCUT2D eigenvalue weighted by Gasteiger charge is -2.18. The summed E-state index contributed by atoms with van der Waals surface area (Å²) in [6.07, 6.45) is 14.7. The molecule has 0 atom stereocenters. The van der Waals surface area contributed by atoms with Gasteiger partial charge in [0.2, 0.25) is 0 Å². The highest BCUT2D eigenvalue weighted by molar-refractivity contribution is 6.76. The zero-order valence-electron chi connectivity index (χ0n) is 12.8. The molecule has 0 aromatic heterocycles. The lowest BCUT2D eigenvalue weighted by atomic mass is 10.1. The molecule has 0 aliphatic heterocycles. The van der Waals surface area contributed by atoms with Crippen LogP contribution < -0.4 is 0 Å². The molecule has 17 heavy (non-hydrogen) atoms. The average molecular weight is 278 g/mol. The van der Waals surface area contributed by atoms with Gasteiger partial charge in [-0.3, -0.25) is 0 Å². The summed E-state index contributed by atoms with van der Waals surface area (Å²) in [5.74, 6) is 7.54. The van der Waals surface area contributed by atoms with Crippen molar-refractivity contribution in [3.05, 3.63) is 0 Å². The van der Waals surface area contributed by atoms with Gasteiger partial charge in [0.05, 0.1) is 0 Å². The average Bonchev–Trinajstić information content (AvgIpc) is 2.19. The molecule has 0 bridgehead atoms. The van der Waals surface area contributed by atoms with Crippen molar-refractivity contribution in [3.8, 4) is 0 Å². The first-order valence-electron chi connectivity index (χ1n) is 7.85. The van der Waals surface area contributed by atoms with E-state index in [9.17, 15) is 0 Å². The van der Waals surface area contributed by atoms with Gasteiger partial charge in [-0.25, -0.2) is 17.4 Å². The molecule has 0 aliphatic carbocycles. The van der Waals surface area contributed by atoms with E-state index in [1.807, 2.05) is 0 Å². The van der Waals surface area contributed by atoms with Gasteiger partial charge in [0.15, 0.2) is 0 Å². The van der Waals surface area contributed by atoms with Crippen molar-refractivity contribution >= 4 is 25.5 Å². The van der Waals surface area contributed by atoms with Gasteiger partial charge < -0.3 is 0 Å². The molecule has 0 amide bonds. The third kappa shape index (κ3) is 19.3. The Hall–Kier alpha value is 0.822. The number of hydrogen-bond donors (Lipinski definition) is 0. The number of halogens is 1. The van der Waals surface area contributed by atoms with Crippen LogP contribution in [0.2, 0.25) is 22.6 Å². The van der Waals surface area contributed by atoms with Crippen molar-refractivity contribution < 1.29 is 0 Å². The molecule has 2 heteroatoms. The Kier molecular flexibility index (Phi) is 15.7. The Labute approximate surface area is 119 Å². The molecule has 0 aliphatic rings. The van der Waals surface area contributed by atoms with Gasteiger partial charge in [0.25, 0.3) is 0 Å². The van der Waals surface area contributed by atoms with Crippen molar-refractivity contribution in [2.75, 3.05) is 0 Å². The maximum atomic E-state index is 2.51. The fraction of sp³-hybridized carbons (Fsp3) is 1.00. The van der Waals surface area contributed by atoms with Crippen molar-refractivity contribution in [1.29, 1.82) is 0 Å². The zero-order chi connectivity index (χ0) is 12.3. The van der Waals surface area contributed by atoms with E-state index in [1.54, 1.807) is 5.28 Å². The van der Waals surface area contributed by atoms with E-state index in [4.69, 9.17) is 0 Å². The predicted molar refractivity (Wildman–Crippen MR) is 87.2 cm³/mol. The van der Waals surface area contributed by atoms with Crippen molar-refractivity contribution in [2.45, 2.75) is 93.8 Å². The predicted octanol–water partition coefficient (Wildman–Crippen LogP) is 6.67. The Morgan fingerprint density at radius 1 is 0.588 bits per heavy atom. The van der Waals surface area contributed by atoms with Crippen molar-refractivity contribution in [2.24, 2.45) is 0 Å². The van der Waals surface area contributed by atoms with Gasteiger partial charge >= 0.3 is 0 Å². The third-order valence-electron chi connectivity index (χ3n) is 3.42.